The van der Waals surface area contributed by atoms with E-state index in [1.807, 2.05) is 33.8 Å². The molecule has 5 aliphatic heterocycles. The van der Waals surface area contributed by atoms with Crippen LogP contribution in [0.2, 0.25) is 0 Å². The highest BCUT2D eigenvalue weighted by Crippen LogP contribution is 2.44. The number of ether oxygens (including phenoxy) is 9. The van der Waals surface area contributed by atoms with E-state index in [1.165, 1.54) is 20.3 Å². The van der Waals surface area contributed by atoms with Crippen molar-refractivity contribution in [3.8, 4) is 24.7 Å². The summed E-state index contributed by atoms with van der Waals surface area (Å²) in [5, 5.41) is 53.2. The number of rotatable bonds is 22. The maximum absolute atomic E-state index is 14.2. The quantitative estimate of drug-likeness (QED) is 0.0344. The van der Waals surface area contributed by atoms with Gasteiger partial charge in [-0.1, -0.05) is 82.2 Å². The van der Waals surface area contributed by atoms with Crippen LogP contribution in [0.1, 0.15) is 139 Å². The van der Waals surface area contributed by atoms with Gasteiger partial charge in [-0.15, -0.1) is 24.7 Å². The van der Waals surface area contributed by atoms with Gasteiger partial charge in [0.05, 0.1) is 37.6 Å². The van der Waals surface area contributed by atoms with Gasteiger partial charge in [0.25, 0.3) is 0 Å². The van der Waals surface area contributed by atoms with E-state index in [1.54, 1.807) is 65.0 Å². The molecule has 21 heteroatoms. The first-order valence-corrected chi connectivity index (χ1v) is 28.2. The average Bonchev–Trinajstić information content (AvgIpc) is 4.42. The Balaban J connectivity index is 1.38. The predicted molar refractivity (Wildman–Crippen MR) is 297 cm³/mol. The lowest BCUT2D eigenvalue weighted by atomic mass is 9.77. The maximum Gasteiger partial charge on any atom is 0.404 e. The number of methoxy groups -OCH3 is 2. The normalized spacial score (nSPS) is 35.6. The average molecular weight is 1130 g/mol. The van der Waals surface area contributed by atoms with Crippen molar-refractivity contribution in [3.63, 3.8) is 0 Å². The lowest BCUT2D eigenvalue weighted by molar-refractivity contribution is -0.339. The van der Waals surface area contributed by atoms with Crippen molar-refractivity contribution in [1.82, 2.24) is 0 Å². The third-order valence-corrected chi connectivity index (χ3v) is 16.1. The highest BCUT2D eigenvalue weighted by molar-refractivity contribution is 5.87. The van der Waals surface area contributed by atoms with Crippen LogP contribution in [0.5, 0.6) is 0 Å². The Labute approximate surface area is 477 Å². The number of hydrogen-bond donors (Lipinski definition) is 4. The molecule has 2 fully saturated rings. The Bertz CT molecular complexity index is 2460. The molecule has 0 radical (unpaired) electrons. The van der Waals surface area contributed by atoms with Crippen molar-refractivity contribution in [2.75, 3.05) is 14.2 Å². The molecule has 5 unspecified atom stereocenters. The van der Waals surface area contributed by atoms with Crippen LogP contribution in [-0.2, 0) is 57.0 Å². The fraction of sp³-hybridized carbons (Fsp3) is 0.700. The third kappa shape index (κ3) is 18.9. The number of aliphatic hydroxyl groups is 3. The number of nitrogens with two attached hydrogens (primary N) is 1. The van der Waals surface area contributed by atoms with E-state index >= 15 is 0 Å². The molecule has 1 amide bonds. The van der Waals surface area contributed by atoms with E-state index in [-0.39, 0.29) is 50.2 Å². The van der Waals surface area contributed by atoms with Gasteiger partial charge < -0.3 is 63.7 Å². The van der Waals surface area contributed by atoms with E-state index < -0.39 is 132 Å². The van der Waals surface area contributed by atoms with Gasteiger partial charge >= 0.3 is 24.0 Å². The highest BCUT2D eigenvalue weighted by atomic mass is 16.7. The molecule has 5 rings (SSSR count). The monoisotopic (exact) mass is 1130 g/mol. The fourth-order valence-corrected chi connectivity index (χ4v) is 10.8. The molecule has 0 aromatic heterocycles. The first-order valence-electron chi connectivity index (χ1n) is 28.2. The summed E-state index contributed by atoms with van der Waals surface area (Å²) in [4.78, 5) is 52.9. The molecule has 5 N–H and O–H groups in total. The van der Waals surface area contributed by atoms with Crippen molar-refractivity contribution in [2.45, 2.75) is 224 Å². The maximum atomic E-state index is 14.2. The van der Waals surface area contributed by atoms with Crippen molar-refractivity contribution in [3.05, 3.63) is 59.4 Å². The number of allylic oxidation sites excluding steroid dienone is 6. The van der Waals surface area contributed by atoms with E-state index in [2.05, 4.69) is 32.3 Å². The Morgan fingerprint density at radius 3 is 2.06 bits per heavy atom. The Kier molecular flexibility index (Phi) is 24.4. The topological polar surface area (TPSA) is 288 Å². The van der Waals surface area contributed by atoms with Crippen molar-refractivity contribution < 1.29 is 77.1 Å². The number of carbonyl (C=O) groups is 4. The largest absolute Gasteiger partial charge is 0.490 e. The molecule has 21 nitrogen and oxygen atoms in total. The standard InChI is InChI=1S/C60H87N5O16/c1-14-17-25-58(62-63-58)27-23-50(67)76-46-32-43(66)37(6)30-36(5)31-48(74-13)56(70)79-54(45(73-12)22-19-21-35(4)29-38(46)7)40(9)53(69)41(10)60(72)34-49(39(8)44(81-60)20-16-3)78-52-33-47(55(42(11)75-52)80-57(61)71)77-51(68)24-28-59(64-65-59)26-18-15-2/h1-2,16,19-22,30-31,37-47,49,52-55,66,69,72H,17-18,23-29,32-34H2,3-13H3,(H2,61,71)/b20-16+,22-19+,35-21+,36-30+,48-31-/t37-,38-,39-,40+,41+,42+,43?,44-,45+,46-,47?,49-,52?,53-,54?,55+,60?/m1/s1. The van der Waals surface area contributed by atoms with Gasteiger partial charge in [0.1, 0.15) is 24.4 Å². The summed E-state index contributed by atoms with van der Waals surface area (Å²) in [5.74, 6) is -2.09. The first kappa shape index (κ1) is 66.0. The molecular formula is C60H87N5O16. The summed E-state index contributed by atoms with van der Waals surface area (Å²) < 4.78 is 54.6. The highest BCUT2D eigenvalue weighted by Gasteiger charge is 2.53. The van der Waals surface area contributed by atoms with Crippen LogP contribution >= 0.6 is 0 Å². The minimum atomic E-state index is -2.07. The number of terminal acetylenes is 2. The lowest BCUT2D eigenvalue weighted by Gasteiger charge is -2.50. The molecule has 5 heterocycles. The Morgan fingerprint density at radius 2 is 1.52 bits per heavy atom. The second kappa shape index (κ2) is 30.0. The van der Waals surface area contributed by atoms with Crippen LogP contribution in [0.25, 0.3) is 0 Å². The number of hydrogen-bond acceptors (Lipinski definition) is 20. The Morgan fingerprint density at radius 1 is 0.914 bits per heavy atom. The fourth-order valence-electron chi connectivity index (χ4n) is 10.8. The number of cyclic esters (lactones) is 1. The number of carbonyl (C=O) groups excluding carboxylic acids is 4. The molecular weight excluding hydrogens is 1050 g/mol. The molecule has 0 spiro atoms. The van der Waals surface area contributed by atoms with E-state index in [4.69, 9.17) is 61.2 Å². The predicted octanol–water partition coefficient (Wildman–Crippen LogP) is 8.16. The summed E-state index contributed by atoms with van der Waals surface area (Å²) in [6.45, 7) is 16.1. The molecule has 17 atom stereocenters. The molecule has 5 aliphatic rings. The van der Waals surface area contributed by atoms with Crippen molar-refractivity contribution in [2.24, 2.45) is 55.8 Å². The molecule has 448 valence electrons. The summed E-state index contributed by atoms with van der Waals surface area (Å²) in [6, 6.07) is 0. The third-order valence-electron chi connectivity index (χ3n) is 16.1. The van der Waals surface area contributed by atoms with Crippen molar-refractivity contribution in [1.29, 1.82) is 0 Å². The molecule has 0 aliphatic carbocycles. The van der Waals surface area contributed by atoms with Gasteiger partial charge in [0.2, 0.25) is 5.76 Å². The number of nitrogens with zero attached hydrogens (tertiary/aromatic N) is 4. The zero-order valence-electron chi connectivity index (χ0n) is 48.9. The van der Waals surface area contributed by atoms with Gasteiger partial charge in [-0.3, -0.25) is 9.59 Å². The minimum absolute atomic E-state index is 0.0378. The summed E-state index contributed by atoms with van der Waals surface area (Å²) >= 11 is 0. The number of primary amides is 1. The summed E-state index contributed by atoms with van der Waals surface area (Å²) in [5.41, 5.74) is 5.54. The number of esters is 3. The van der Waals surface area contributed by atoms with E-state index in [0.29, 0.717) is 44.1 Å². The molecule has 0 aromatic carbocycles. The van der Waals surface area contributed by atoms with Gasteiger partial charge in [-0.25, -0.2) is 9.59 Å². The second-order valence-electron chi connectivity index (χ2n) is 22.5. The molecule has 81 heavy (non-hydrogen) atoms. The molecule has 2 saturated heterocycles. The zero-order chi connectivity index (χ0) is 59.8. The van der Waals surface area contributed by atoms with Crippen LogP contribution in [0, 0.1) is 54.3 Å². The summed E-state index contributed by atoms with van der Waals surface area (Å²) in [7, 11) is 2.77. The first-order chi connectivity index (χ1) is 38.3. The van der Waals surface area contributed by atoms with Gasteiger partial charge in [0, 0.05) is 101 Å². The van der Waals surface area contributed by atoms with Crippen LogP contribution in [0.4, 0.5) is 4.79 Å². The van der Waals surface area contributed by atoms with E-state index in [0.717, 1.165) is 5.57 Å². The van der Waals surface area contributed by atoms with Crippen LogP contribution in [0.15, 0.2) is 79.9 Å². The van der Waals surface area contributed by atoms with Crippen LogP contribution in [0.3, 0.4) is 0 Å². The second-order valence-corrected chi connectivity index (χ2v) is 22.5. The van der Waals surface area contributed by atoms with Crippen LogP contribution in [-0.4, -0.2) is 138 Å². The number of aliphatic hydroxyl groups excluding tert-OH is 2. The van der Waals surface area contributed by atoms with Gasteiger partial charge in [0.15, 0.2) is 29.5 Å². The van der Waals surface area contributed by atoms with Gasteiger partial charge in [-0.05, 0) is 46.1 Å². The van der Waals surface area contributed by atoms with Crippen molar-refractivity contribution >= 4 is 24.0 Å². The van der Waals surface area contributed by atoms with Crippen LogP contribution < -0.4 is 5.73 Å². The molecule has 0 saturated carbocycles. The molecule has 0 aromatic rings. The van der Waals surface area contributed by atoms with Gasteiger partial charge in [-0.2, -0.15) is 20.5 Å². The van der Waals surface area contributed by atoms with E-state index in [9.17, 15) is 34.5 Å². The number of amides is 1. The minimum Gasteiger partial charge on any atom is -0.490 e. The summed E-state index contributed by atoms with van der Waals surface area (Å²) in [6.07, 6.45) is 14.3. The zero-order valence-corrected chi connectivity index (χ0v) is 48.9. The lowest BCUT2D eigenvalue weighted by Crippen LogP contribution is -2.59. The smallest absolute Gasteiger partial charge is 0.404 e. The molecule has 0 bridgehead atoms. The SMILES string of the molecule is C#CCCC1(CCC(=O)OC2CC(O[C@@H]3CC(O)([C@@H](C)[C@H](O)[C@H](C)C4OC(=O)/C(OC)=C/C(C)=C/[C@@H](C)C(O)C[C@@H](OC(=O)CCC5(CCC#C)N=N5)[C@H](C)C/C(C)=C/C=C/[C@@H]4OC)O[C@H](/C=C/C)[C@H]3C)O[C@@H](C)[C@@H]2OC(N)=O)N=N1. The Hall–Kier alpha value is -5.78.